The van der Waals surface area contributed by atoms with Crippen molar-refractivity contribution in [1.82, 2.24) is 10.3 Å². The molecule has 2 rings (SSSR count). The summed E-state index contributed by atoms with van der Waals surface area (Å²) in [5, 5.41) is 4.65. The number of hydrogen-bond acceptors (Lipinski definition) is 3. The molecule has 1 N–H and O–H groups in total. The molecular formula is C16H22N2S. The Morgan fingerprint density at radius 3 is 2.58 bits per heavy atom. The topological polar surface area (TPSA) is 24.9 Å². The van der Waals surface area contributed by atoms with Gasteiger partial charge in [0.2, 0.25) is 0 Å². The molecule has 2 aromatic rings. The van der Waals surface area contributed by atoms with E-state index in [1.165, 1.54) is 21.1 Å². The lowest BCUT2D eigenvalue weighted by atomic mass is 10.1. The van der Waals surface area contributed by atoms with Crippen molar-refractivity contribution in [3.63, 3.8) is 0 Å². The summed E-state index contributed by atoms with van der Waals surface area (Å²) in [6.07, 6.45) is 1.14. The van der Waals surface area contributed by atoms with Crippen LogP contribution in [0, 0.1) is 0 Å². The van der Waals surface area contributed by atoms with Crippen molar-refractivity contribution in [2.75, 3.05) is 6.54 Å². The molecule has 1 aromatic heterocycles. The predicted octanol–water partition coefficient (Wildman–Crippen LogP) is 4.43. The van der Waals surface area contributed by atoms with Crippen LogP contribution in [0.25, 0.3) is 10.4 Å². The Balaban J connectivity index is 2.36. The second kappa shape index (κ2) is 6.83. The molecule has 19 heavy (non-hydrogen) atoms. The van der Waals surface area contributed by atoms with Gasteiger partial charge in [-0.05, 0) is 18.5 Å². The number of thiazole rings is 1. The molecule has 0 aliphatic rings. The van der Waals surface area contributed by atoms with Crippen LogP contribution in [0.2, 0.25) is 0 Å². The molecule has 0 radical (unpaired) electrons. The van der Waals surface area contributed by atoms with E-state index in [4.69, 9.17) is 4.98 Å². The van der Waals surface area contributed by atoms with Gasteiger partial charge in [0, 0.05) is 12.5 Å². The zero-order chi connectivity index (χ0) is 13.7. The first-order valence-corrected chi connectivity index (χ1v) is 7.83. The summed E-state index contributed by atoms with van der Waals surface area (Å²) in [6.45, 7) is 8.44. The normalized spacial score (nSPS) is 12.6. The Labute approximate surface area is 119 Å². The molecule has 1 atom stereocenters. The molecule has 0 aliphatic heterocycles. The fraction of sp³-hybridized carbons (Fsp3) is 0.438. The van der Waals surface area contributed by atoms with Gasteiger partial charge >= 0.3 is 0 Å². The third-order valence-corrected chi connectivity index (χ3v) is 4.70. The van der Waals surface area contributed by atoms with Gasteiger partial charge < -0.3 is 5.32 Å². The highest BCUT2D eigenvalue weighted by Gasteiger charge is 2.15. The number of hydrogen-bond donors (Lipinski definition) is 1. The highest BCUT2D eigenvalue weighted by molar-refractivity contribution is 7.15. The van der Waals surface area contributed by atoms with Crippen LogP contribution in [-0.2, 0) is 6.54 Å². The highest BCUT2D eigenvalue weighted by Crippen LogP contribution is 2.34. The fourth-order valence-electron chi connectivity index (χ4n) is 1.93. The van der Waals surface area contributed by atoms with Gasteiger partial charge in [-0.3, -0.25) is 0 Å². The molecule has 1 heterocycles. The minimum absolute atomic E-state index is 0.544. The van der Waals surface area contributed by atoms with E-state index < -0.39 is 0 Å². The quantitative estimate of drug-likeness (QED) is 0.842. The van der Waals surface area contributed by atoms with E-state index >= 15 is 0 Å². The second-order valence-corrected chi connectivity index (χ2v) is 5.81. The number of aromatic nitrogens is 1. The van der Waals surface area contributed by atoms with Crippen molar-refractivity contribution < 1.29 is 0 Å². The van der Waals surface area contributed by atoms with Crippen LogP contribution in [0.1, 0.15) is 43.8 Å². The summed E-state index contributed by atoms with van der Waals surface area (Å²) in [5.74, 6) is 0.544. The van der Waals surface area contributed by atoms with Crippen LogP contribution in [0.3, 0.4) is 0 Å². The van der Waals surface area contributed by atoms with E-state index in [1.807, 2.05) is 11.3 Å². The lowest BCUT2D eigenvalue weighted by Crippen LogP contribution is -2.12. The molecule has 1 unspecified atom stereocenters. The Kier molecular flexibility index (Phi) is 5.11. The van der Waals surface area contributed by atoms with Crippen LogP contribution in [-0.4, -0.2) is 11.5 Å². The van der Waals surface area contributed by atoms with Crippen LogP contribution in [0.15, 0.2) is 30.3 Å². The van der Waals surface area contributed by atoms with E-state index in [0.717, 1.165) is 19.5 Å². The zero-order valence-electron chi connectivity index (χ0n) is 11.9. The van der Waals surface area contributed by atoms with Crippen molar-refractivity contribution in [2.24, 2.45) is 0 Å². The van der Waals surface area contributed by atoms with Gasteiger partial charge in [-0.2, -0.15) is 0 Å². The molecule has 102 valence electrons. The predicted molar refractivity (Wildman–Crippen MR) is 83.6 cm³/mol. The standard InChI is InChI=1S/C16H22N2S/c1-4-12(3)16-18-14(11-17-5-2)15(19-16)13-9-7-6-8-10-13/h6-10,12,17H,4-5,11H2,1-3H3. The monoisotopic (exact) mass is 274 g/mol. The van der Waals surface area contributed by atoms with E-state index in [9.17, 15) is 0 Å². The number of nitrogens with zero attached hydrogens (tertiary/aromatic N) is 1. The summed E-state index contributed by atoms with van der Waals surface area (Å²) >= 11 is 1.84. The summed E-state index contributed by atoms with van der Waals surface area (Å²) in [7, 11) is 0. The minimum atomic E-state index is 0.544. The second-order valence-electron chi connectivity index (χ2n) is 4.78. The Bertz CT molecular complexity index is 505. The van der Waals surface area contributed by atoms with Gasteiger partial charge in [-0.25, -0.2) is 4.98 Å². The molecule has 0 saturated carbocycles. The van der Waals surface area contributed by atoms with Gasteiger partial charge in [0.25, 0.3) is 0 Å². The fourth-order valence-corrected chi connectivity index (χ4v) is 3.16. The molecule has 2 nitrogen and oxygen atoms in total. The molecular weight excluding hydrogens is 252 g/mol. The van der Waals surface area contributed by atoms with Crippen LogP contribution in [0.4, 0.5) is 0 Å². The van der Waals surface area contributed by atoms with Crippen LogP contribution < -0.4 is 5.32 Å². The molecule has 0 spiro atoms. The smallest absolute Gasteiger partial charge is 0.0963 e. The van der Waals surface area contributed by atoms with E-state index in [1.54, 1.807) is 0 Å². The number of benzene rings is 1. The maximum Gasteiger partial charge on any atom is 0.0963 e. The molecule has 1 aromatic carbocycles. The third kappa shape index (κ3) is 3.43. The van der Waals surface area contributed by atoms with Crippen LogP contribution >= 0.6 is 11.3 Å². The van der Waals surface area contributed by atoms with E-state index in [0.29, 0.717) is 5.92 Å². The zero-order valence-corrected chi connectivity index (χ0v) is 12.8. The van der Waals surface area contributed by atoms with Crippen molar-refractivity contribution in [2.45, 2.75) is 39.7 Å². The van der Waals surface area contributed by atoms with Crippen molar-refractivity contribution in [1.29, 1.82) is 0 Å². The molecule has 0 bridgehead atoms. The largest absolute Gasteiger partial charge is 0.311 e. The van der Waals surface area contributed by atoms with Crippen molar-refractivity contribution >= 4 is 11.3 Å². The molecule has 3 heteroatoms. The lowest BCUT2D eigenvalue weighted by molar-refractivity contribution is 0.692. The summed E-state index contributed by atoms with van der Waals surface area (Å²) in [4.78, 5) is 6.17. The summed E-state index contributed by atoms with van der Waals surface area (Å²) in [6, 6.07) is 10.6. The van der Waals surface area contributed by atoms with Gasteiger partial charge in [0.1, 0.15) is 0 Å². The van der Waals surface area contributed by atoms with Crippen molar-refractivity contribution in [3.8, 4) is 10.4 Å². The Morgan fingerprint density at radius 2 is 1.95 bits per heavy atom. The molecule has 0 fully saturated rings. The first kappa shape index (κ1) is 14.2. The number of nitrogens with one attached hydrogen (secondary N) is 1. The average molecular weight is 274 g/mol. The maximum atomic E-state index is 4.85. The van der Waals surface area contributed by atoms with Gasteiger partial charge in [-0.15, -0.1) is 11.3 Å². The first-order valence-electron chi connectivity index (χ1n) is 7.02. The highest BCUT2D eigenvalue weighted by atomic mass is 32.1. The maximum absolute atomic E-state index is 4.85. The van der Waals surface area contributed by atoms with Gasteiger partial charge in [0.15, 0.2) is 0 Å². The Hall–Kier alpha value is -1.19. The van der Waals surface area contributed by atoms with Crippen LogP contribution in [0.5, 0.6) is 0 Å². The summed E-state index contributed by atoms with van der Waals surface area (Å²) < 4.78 is 0. The lowest BCUT2D eigenvalue weighted by Gasteiger charge is -2.02. The average Bonchev–Trinajstić information content (AvgIpc) is 2.89. The van der Waals surface area contributed by atoms with Crippen molar-refractivity contribution in [3.05, 3.63) is 41.0 Å². The van der Waals surface area contributed by atoms with E-state index in [-0.39, 0.29) is 0 Å². The first-order chi connectivity index (χ1) is 9.26. The van der Waals surface area contributed by atoms with E-state index in [2.05, 4.69) is 56.4 Å². The SMILES string of the molecule is CCNCc1nc(C(C)CC)sc1-c1ccccc1. The minimum Gasteiger partial charge on any atom is -0.311 e. The van der Waals surface area contributed by atoms with Gasteiger partial charge in [0.05, 0.1) is 15.6 Å². The molecule has 0 saturated heterocycles. The molecule has 0 aliphatic carbocycles. The summed E-state index contributed by atoms with van der Waals surface area (Å²) in [5.41, 5.74) is 2.47. The number of rotatable bonds is 6. The Morgan fingerprint density at radius 1 is 1.21 bits per heavy atom. The third-order valence-electron chi connectivity index (χ3n) is 3.33. The van der Waals surface area contributed by atoms with Gasteiger partial charge in [-0.1, -0.05) is 51.1 Å². The molecule has 0 amide bonds.